The topological polar surface area (TPSA) is 8.81 Å². The number of imidazole rings is 1. The zero-order valence-corrected chi connectivity index (χ0v) is 17.6. The summed E-state index contributed by atoms with van der Waals surface area (Å²) in [4.78, 5) is 0. The first-order valence-electron chi connectivity index (χ1n) is 12.0. The summed E-state index contributed by atoms with van der Waals surface area (Å²) in [7, 11) is 0. The molecular weight excluding hydrogens is 340 g/mol. The molecule has 0 radical (unpaired) electrons. The Balaban J connectivity index is 1.70. The van der Waals surface area contributed by atoms with Crippen LogP contribution < -0.4 is 4.57 Å². The minimum atomic E-state index is 0.0198. The van der Waals surface area contributed by atoms with Crippen molar-refractivity contribution < 1.29 is 5.94 Å². The molecule has 1 aliphatic heterocycles. The third-order valence-corrected chi connectivity index (χ3v) is 7.92. The first-order valence-corrected chi connectivity index (χ1v) is 11.5. The van der Waals surface area contributed by atoms with E-state index in [-0.39, 0.29) is 5.54 Å². The Kier molecular flexibility index (Phi) is 4.39. The Morgan fingerprint density at radius 1 is 0.929 bits per heavy atom. The number of hydrogen-bond donors (Lipinski definition) is 0. The van der Waals surface area contributed by atoms with E-state index in [0.717, 1.165) is 5.69 Å². The highest BCUT2D eigenvalue weighted by molar-refractivity contribution is 5.55. The number of rotatable bonds is 3. The van der Waals surface area contributed by atoms with E-state index < -0.39 is 0 Å². The van der Waals surface area contributed by atoms with E-state index in [1.807, 2.05) is 0 Å². The molecule has 28 heavy (non-hydrogen) atoms. The summed E-state index contributed by atoms with van der Waals surface area (Å²) in [6, 6.07) is 8.52. The van der Waals surface area contributed by atoms with Crippen LogP contribution in [-0.4, -0.2) is 4.57 Å². The number of allylic oxidation sites excluding steroid dienone is 1. The molecule has 0 amide bonds. The van der Waals surface area contributed by atoms with Crippen LogP contribution in [0.3, 0.4) is 0 Å². The number of aryl methyl sites for hydroxylation is 1. The van der Waals surface area contributed by atoms with E-state index in [9.17, 15) is 1.37 Å². The highest BCUT2D eigenvalue weighted by Gasteiger charge is 2.53. The molecule has 1 aromatic heterocycles. The van der Waals surface area contributed by atoms with E-state index >= 15 is 0 Å². The summed E-state index contributed by atoms with van der Waals surface area (Å²) in [5, 5.41) is 0. The molecule has 2 saturated carbocycles. The van der Waals surface area contributed by atoms with Crippen LogP contribution in [0.1, 0.15) is 82.5 Å². The van der Waals surface area contributed by atoms with Gasteiger partial charge in [-0.25, -0.2) is 4.57 Å². The number of aromatic nitrogens is 2. The highest BCUT2D eigenvalue weighted by Crippen LogP contribution is 2.51. The van der Waals surface area contributed by atoms with Gasteiger partial charge in [0.2, 0.25) is 6.30 Å². The standard InChI is InChI=1S/C26H35N2/c1-20-11-9-10-16-24(20)27-19-28-25(21(27)2)17-18-26(28,22-12-5-3-6-13-22)23-14-7-4-8-15-23/h9-11,16-19,22-23H,3-8,12-15H2,1-2H3/q+1/i19D. The van der Waals surface area contributed by atoms with E-state index in [4.69, 9.17) is 0 Å². The molecule has 0 spiro atoms. The average molecular weight is 377 g/mol. The van der Waals surface area contributed by atoms with Crippen LogP contribution in [-0.2, 0) is 5.54 Å². The summed E-state index contributed by atoms with van der Waals surface area (Å²) < 4.78 is 14.0. The molecular formula is C26H35N2+. The van der Waals surface area contributed by atoms with Gasteiger partial charge in [0.15, 0.2) is 12.8 Å². The molecule has 2 heteroatoms. The fourth-order valence-electron chi connectivity index (χ4n) is 6.43. The molecule has 0 N–H and O–H groups in total. The predicted octanol–water partition coefficient (Wildman–Crippen LogP) is 6.26. The van der Waals surface area contributed by atoms with E-state index in [1.54, 1.807) is 0 Å². The Morgan fingerprint density at radius 3 is 2.14 bits per heavy atom. The van der Waals surface area contributed by atoms with Crippen molar-refractivity contribution in [3.05, 3.63) is 53.6 Å². The molecule has 1 aromatic carbocycles. The van der Waals surface area contributed by atoms with Crippen LogP contribution >= 0.6 is 0 Å². The maximum Gasteiger partial charge on any atom is 0.250 e. The molecule has 2 nitrogen and oxygen atoms in total. The monoisotopic (exact) mass is 376 g/mol. The van der Waals surface area contributed by atoms with Crippen molar-refractivity contribution in [2.45, 2.75) is 83.6 Å². The summed E-state index contributed by atoms with van der Waals surface area (Å²) in [5.41, 5.74) is 4.91. The molecule has 0 atom stereocenters. The number of nitrogens with zero attached hydrogens (tertiary/aromatic N) is 2. The molecule has 0 bridgehead atoms. The normalized spacial score (nSPS) is 23.0. The van der Waals surface area contributed by atoms with Gasteiger partial charge in [-0.3, -0.25) is 0 Å². The van der Waals surface area contributed by atoms with Gasteiger partial charge in [-0.15, -0.1) is 0 Å². The quantitative estimate of drug-likeness (QED) is 0.559. The summed E-state index contributed by atoms with van der Waals surface area (Å²) in [5.74, 6) is 1.36. The fraction of sp³-hybridized carbons (Fsp3) is 0.577. The average Bonchev–Trinajstić information content (AvgIpc) is 3.28. The van der Waals surface area contributed by atoms with Gasteiger partial charge in [-0.05, 0) is 56.4 Å². The van der Waals surface area contributed by atoms with Crippen molar-refractivity contribution in [2.24, 2.45) is 11.8 Å². The first-order chi connectivity index (χ1) is 14.1. The van der Waals surface area contributed by atoms with E-state index in [2.05, 4.69) is 59.4 Å². The number of para-hydroxylation sites is 1. The molecule has 2 aromatic rings. The van der Waals surface area contributed by atoms with Gasteiger partial charge in [-0.1, -0.05) is 56.7 Å². The molecule has 2 aliphatic carbocycles. The lowest BCUT2D eigenvalue weighted by Gasteiger charge is -2.43. The Morgan fingerprint density at radius 2 is 1.54 bits per heavy atom. The number of fused-ring (bicyclic) bond motifs is 1. The van der Waals surface area contributed by atoms with E-state index in [0.29, 0.717) is 18.1 Å². The second-order valence-corrected chi connectivity index (χ2v) is 9.42. The van der Waals surface area contributed by atoms with Crippen molar-refractivity contribution in [3.63, 3.8) is 0 Å². The lowest BCUT2D eigenvalue weighted by molar-refractivity contribution is -0.602. The number of benzene rings is 1. The molecule has 0 saturated heterocycles. The van der Waals surface area contributed by atoms with Gasteiger partial charge in [0.25, 0.3) is 0 Å². The molecule has 5 rings (SSSR count). The second-order valence-electron chi connectivity index (χ2n) is 9.42. The third kappa shape index (κ3) is 2.71. The second kappa shape index (κ2) is 7.21. The van der Waals surface area contributed by atoms with Crippen molar-refractivity contribution in [2.75, 3.05) is 0 Å². The van der Waals surface area contributed by atoms with Crippen LogP contribution in [0.5, 0.6) is 0 Å². The Labute approximate surface area is 171 Å². The van der Waals surface area contributed by atoms with Crippen LogP contribution in [0.15, 0.2) is 36.6 Å². The zero-order valence-electron chi connectivity index (χ0n) is 18.6. The lowest BCUT2D eigenvalue weighted by atomic mass is 9.64. The van der Waals surface area contributed by atoms with Crippen molar-refractivity contribution in [1.82, 2.24) is 4.57 Å². The largest absolute Gasteiger partial charge is 0.250 e. The van der Waals surface area contributed by atoms with Gasteiger partial charge in [0, 0.05) is 18.8 Å². The van der Waals surface area contributed by atoms with Crippen LogP contribution in [0.4, 0.5) is 0 Å². The summed E-state index contributed by atoms with van der Waals surface area (Å²) in [6.07, 6.45) is 19.1. The SMILES string of the molecule is [2H]c1n2c(c(C)[n+]1-c1ccccc1C)C=CC2(C1CCCCC1)C1CCCCC1. The van der Waals surface area contributed by atoms with Gasteiger partial charge in [-0.2, -0.15) is 4.57 Å². The van der Waals surface area contributed by atoms with Crippen molar-refractivity contribution in [3.8, 4) is 5.69 Å². The van der Waals surface area contributed by atoms with Crippen molar-refractivity contribution >= 4 is 6.08 Å². The molecule has 2 heterocycles. The Hall–Kier alpha value is -1.83. The molecule has 2 fully saturated rings. The summed E-state index contributed by atoms with van der Waals surface area (Å²) >= 11 is 0. The van der Waals surface area contributed by atoms with Gasteiger partial charge >= 0.3 is 0 Å². The molecule has 148 valence electrons. The maximum absolute atomic E-state index is 9.36. The summed E-state index contributed by atoms with van der Waals surface area (Å²) in [6.45, 7) is 4.37. The third-order valence-electron chi connectivity index (χ3n) is 7.92. The highest BCUT2D eigenvalue weighted by atomic mass is 15.2. The predicted molar refractivity (Wildman–Crippen MR) is 116 cm³/mol. The van der Waals surface area contributed by atoms with Crippen molar-refractivity contribution in [1.29, 1.82) is 0 Å². The van der Waals surface area contributed by atoms with E-state index in [1.165, 1.54) is 81.2 Å². The van der Waals surface area contributed by atoms with Crippen LogP contribution in [0.25, 0.3) is 11.8 Å². The van der Waals surface area contributed by atoms with Gasteiger partial charge < -0.3 is 0 Å². The van der Waals surface area contributed by atoms with Gasteiger partial charge in [0.05, 0.1) is 0 Å². The zero-order chi connectivity index (χ0) is 20.0. The van der Waals surface area contributed by atoms with Crippen LogP contribution in [0.2, 0.25) is 0 Å². The fourth-order valence-corrected chi connectivity index (χ4v) is 6.43. The maximum atomic E-state index is 9.36. The smallest absolute Gasteiger partial charge is 0.220 e. The molecule has 3 aliphatic rings. The minimum Gasteiger partial charge on any atom is -0.220 e. The Bertz CT molecular complexity index is 908. The minimum absolute atomic E-state index is 0.0198. The number of hydrogen-bond acceptors (Lipinski definition) is 0. The lowest BCUT2D eigenvalue weighted by Crippen LogP contribution is -2.47. The molecule has 0 unspecified atom stereocenters. The van der Waals surface area contributed by atoms with Crippen LogP contribution in [0, 0.1) is 25.7 Å². The van der Waals surface area contributed by atoms with Gasteiger partial charge in [0.1, 0.15) is 11.2 Å². The first kappa shape index (κ1) is 17.1.